The van der Waals surface area contributed by atoms with Crippen LogP contribution in [0.5, 0.6) is 0 Å². The smallest absolute Gasteiger partial charge is 0.373 e. The zero-order valence-electron chi connectivity index (χ0n) is 30.9. The molecule has 0 atom stereocenters. The second-order valence-electron chi connectivity index (χ2n) is 12.0. The molecular formula is C34H74O6S4Si2. The summed E-state index contributed by atoms with van der Waals surface area (Å²) in [7, 11) is 2.70. The van der Waals surface area contributed by atoms with E-state index in [1.165, 1.54) is 37.2 Å². The Labute approximate surface area is 304 Å². The lowest BCUT2D eigenvalue weighted by atomic mass is 10.3. The van der Waals surface area contributed by atoms with E-state index in [2.05, 4.69) is 41.5 Å². The van der Waals surface area contributed by atoms with E-state index in [4.69, 9.17) is 26.6 Å². The summed E-state index contributed by atoms with van der Waals surface area (Å²) in [5.41, 5.74) is 0. The van der Waals surface area contributed by atoms with Crippen molar-refractivity contribution in [2.24, 2.45) is 0 Å². The zero-order valence-corrected chi connectivity index (χ0v) is 36.1. The maximum absolute atomic E-state index is 6.41. The molecule has 0 N–H and O–H groups in total. The molecule has 0 aromatic carbocycles. The average Bonchev–Trinajstić information content (AvgIpc) is 3.05. The minimum atomic E-state index is -2.58. The fourth-order valence-electron chi connectivity index (χ4n) is 4.38. The average molecular weight is 763 g/mol. The topological polar surface area (TPSA) is 55.4 Å². The highest BCUT2D eigenvalue weighted by molar-refractivity contribution is 9.26. The summed E-state index contributed by atoms with van der Waals surface area (Å²) in [4.78, 5) is 0. The first-order chi connectivity index (χ1) is 22.6. The van der Waals surface area contributed by atoms with Crippen molar-refractivity contribution in [3.05, 3.63) is 0 Å². The van der Waals surface area contributed by atoms with Gasteiger partial charge in [0.2, 0.25) is 0 Å². The highest BCUT2D eigenvalue weighted by Gasteiger charge is 2.41. The van der Waals surface area contributed by atoms with Crippen molar-refractivity contribution >= 4 is 58.8 Å². The van der Waals surface area contributed by atoms with Crippen LogP contribution in [0.25, 0.3) is 0 Å². The Balaban J connectivity index is 4.27. The van der Waals surface area contributed by atoms with Gasteiger partial charge in [-0.1, -0.05) is 114 Å². The summed E-state index contributed by atoms with van der Waals surface area (Å²) in [6.07, 6.45) is 20.4. The Hall–Kier alpha value is 1.59. The van der Waals surface area contributed by atoms with Gasteiger partial charge in [0.25, 0.3) is 0 Å². The number of hydrogen-bond donors (Lipinski definition) is 0. The van der Waals surface area contributed by atoms with Crippen LogP contribution < -0.4 is 0 Å². The van der Waals surface area contributed by atoms with E-state index >= 15 is 0 Å². The highest BCUT2D eigenvalue weighted by atomic mass is 33.7. The van der Waals surface area contributed by atoms with Crippen LogP contribution >= 0.6 is 41.2 Å². The predicted molar refractivity (Wildman–Crippen MR) is 214 cm³/mol. The maximum Gasteiger partial charge on any atom is 0.500 e. The molecule has 0 fully saturated rings. The van der Waals surface area contributed by atoms with E-state index in [0.717, 1.165) is 142 Å². The van der Waals surface area contributed by atoms with Gasteiger partial charge in [-0.25, -0.2) is 0 Å². The van der Waals surface area contributed by atoms with E-state index in [1.54, 1.807) is 0 Å². The quantitative estimate of drug-likeness (QED) is 0.0344. The van der Waals surface area contributed by atoms with Crippen LogP contribution in [0.15, 0.2) is 0 Å². The molecule has 6 nitrogen and oxygen atoms in total. The molecule has 278 valence electrons. The molecule has 0 aliphatic heterocycles. The second-order valence-corrected chi connectivity index (χ2v) is 23.7. The lowest BCUT2D eigenvalue weighted by Gasteiger charge is -2.30. The summed E-state index contributed by atoms with van der Waals surface area (Å²) in [6, 6.07) is 1.91. The molecule has 0 saturated carbocycles. The van der Waals surface area contributed by atoms with Crippen LogP contribution in [0.2, 0.25) is 12.1 Å². The molecule has 0 bridgehead atoms. The van der Waals surface area contributed by atoms with E-state index < -0.39 is 17.6 Å². The van der Waals surface area contributed by atoms with Crippen molar-refractivity contribution in [3.63, 3.8) is 0 Å². The van der Waals surface area contributed by atoms with E-state index in [-0.39, 0.29) is 0 Å². The van der Waals surface area contributed by atoms with E-state index in [9.17, 15) is 0 Å². The van der Waals surface area contributed by atoms with Gasteiger partial charge in [-0.3, -0.25) is 0 Å². The Morgan fingerprint density at radius 2 is 0.587 bits per heavy atom. The first-order valence-corrected chi connectivity index (χ1v) is 28.0. The van der Waals surface area contributed by atoms with Gasteiger partial charge in [-0.15, -0.1) is 0 Å². The largest absolute Gasteiger partial charge is 0.500 e. The SMILES string of the molecule is CCCCO[Si](CCCCCSSSSCCCCC[Si](OCCCC)(OCCCC)OCCCC)(OCCCC)OCCCC. The summed E-state index contributed by atoms with van der Waals surface area (Å²) < 4.78 is 38.5. The third-order valence-corrected chi connectivity index (χ3v) is 19.9. The van der Waals surface area contributed by atoms with Crippen molar-refractivity contribution in [3.8, 4) is 0 Å². The normalized spacial score (nSPS) is 12.4. The number of hydrogen-bond acceptors (Lipinski definition) is 10. The standard InChI is InChI=1S/C34H74O6S4Si2/c1-7-13-25-35-45(36-26-14-8-2,37-27-15-9-3)33-23-19-21-31-41-43-44-42-32-22-20-24-34-46(38-28-16-10-4,39-29-17-11-5)40-30-18-12-6/h7-34H2,1-6H3. The molecule has 0 heterocycles. The van der Waals surface area contributed by atoms with Crippen molar-refractivity contribution in [1.82, 2.24) is 0 Å². The molecule has 0 spiro atoms. The molecule has 0 aromatic rings. The van der Waals surface area contributed by atoms with Crippen molar-refractivity contribution in [2.75, 3.05) is 51.1 Å². The molecule has 46 heavy (non-hydrogen) atoms. The Morgan fingerprint density at radius 3 is 0.826 bits per heavy atom. The third-order valence-electron chi connectivity index (χ3n) is 7.46. The fourth-order valence-corrected chi connectivity index (χ4v) is 16.1. The summed E-state index contributed by atoms with van der Waals surface area (Å²) >= 11 is 0. The molecule has 0 aliphatic carbocycles. The Kier molecular flexibility index (Phi) is 37.6. The molecule has 0 radical (unpaired) electrons. The van der Waals surface area contributed by atoms with Crippen molar-refractivity contribution in [1.29, 1.82) is 0 Å². The van der Waals surface area contributed by atoms with Crippen molar-refractivity contribution < 1.29 is 26.6 Å². The van der Waals surface area contributed by atoms with Gasteiger partial charge in [0.05, 0.1) is 0 Å². The molecule has 0 amide bonds. The zero-order chi connectivity index (χ0) is 33.9. The van der Waals surface area contributed by atoms with Gasteiger partial charge >= 0.3 is 17.6 Å². The van der Waals surface area contributed by atoms with Gasteiger partial charge in [-0.05, 0) is 83.9 Å². The first kappa shape index (κ1) is 47.6. The van der Waals surface area contributed by atoms with E-state index in [0.29, 0.717) is 0 Å². The van der Waals surface area contributed by atoms with Crippen LogP contribution in [0.4, 0.5) is 0 Å². The molecule has 0 aromatic heterocycles. The fraction of sp³-hybridized carbons (Fsp3) is 1.00. The minimum Gasteiger partial charge on any atom is -0.373 e. The molecule has 0 saturated heterocycles. The number of unbranched alkanes of at least 4 members (excludes halogenated alkanes) is 10. The monoisotopic (exact) mass is 762 g/mol. The summed E-state index contributed by atoms with van der Waals surface area (Å²) in [5, 5.41) is 0. The first-order valence-electron chi connectivity index (χ1n) is 19.0. The van der Waals surface area contributed by atoms with Crippen LogP contribution in [0, 0.1) is 0 Å². The lowest BCUT2D eigenvalue weighted by molar-refractivity contribution is 0.0550. The van der Waals surface area contributed by atoms with Crippen molar-refractivity contribution in [2.45, 2.75) is 169 Å². The van der Waals surface area contributed by atoms with Gasteiger partial charge < -0.3 is 26.6 Å². The number of rotatable bonds is 39. The molecular weight excluding hydrogens is 689 g/mol. The van der Waals surface area contributed by atoms with Crippen LogP contribution in [-0.2, 0) is 26.6 Å². The highest BCUT2D eigenvalue weighted by Crippen LogP contribution is 2.43. The lowest BCUT2D eigenvalue weighted by Crippen LogP contribution is -2.46. The van der Waals surface area contributed by atoms with Gasteiger partial charge in [0, 0.05) is 63.2 Å². The Bertz CT molecular complexity index is 513. The second kappa shape index (κ2) is 36.4. The maximum atomic E-state index is 6.41. The molecule has 0 rings (SSSR count). The van der Waals surface area contributed by atoms with Crippen LogP contribution in [-0.4, -0.2) is 68.8 Å². The van der Waals surface area contributed by atoms with Crippen LogP contribution in [0.1, 0.15) is 157 Å². The van der Waals surface area contributed by atoms with Gasteiger partial charge in [0.1, 0.15) is 0 Å². The predicted octanol–water partition coefficient (Wildman–Crippen LogP) is 12.8. The minimum absolute atomic E-state index is 0.763. The Morgan fingerprint density at radius 1 is 0.326 bits per heavy atom. The third kappa shape index (κ3) is 28.3. The summed E-state index contributed by atoms with van der Waals surface area (Å²) in [6.45, 7) is 17.8. The molecule has 12 heteroatoms. The van der Waals surface area contributed by atoms with Gasteiger partial charge in [0.15, 0.2) is 0 Å². The van der Waals surface area contributed by atoms with E-state index in [1.807, 2.05) is 41.2 Å². The summed E-state index contributed by atoms with van der Waals surface area (Å²) in [5.74, 6) is 2.38. The van der Waals surface area contributed by atoms with Gasteiger partial charge in [-0.2, -0.15) is 0 Å². The molecule has 0 unspecified atom stereocenters. The van der Waals surface area contributed by atoms with Crippen LogP contribution in [0.3, 0.4) is 0 Å². The molecule has 0 aliphatic rings.